The molecule has 1 aromatic rings. The number of pyridine rings is 1. The summed E-state index contributed by atoms with van der Waals surface area (Å²) >= 11 is 0. The Morgan fingerprint density at radius 1 is 1.44 bits per heavy atom. The number of nitrogens with zero attached hydrogens (tertiary/aromatic N) is 2. The summed E-state index contributed by atoms with van der Waals surface area (Å²) in [7, 11) is 0. The van der Waals surface area contributed by atoms with E-state index in [2.05, 4.69) is 16.8 Å². The van der Waals surface area contributed by atoms with E-state index in [0.717, 1.165) is 25.8 Å². The average molecular weight is 251 g/mol. The quantitative estimate of drug-likeness (QED) is 0.898. The predicted molar refractivity (Wildman–Crippen MR) is 72.0 cm³/mol. The topological polar surface area (TPSA) is 42.2 Å². The zero-order valence-electron chi connectivity index (χ0n) is 11.0. The van der Waals surface area contributed by atoms with E-state index in [1.54, 1.807) is 12.3 Å². The standard InChI is InChI=1S/C14H22FN3/c1-2-12-6-4-3-5-9-18(12)14-13(15)11(10-16)7-8-17-14/h7-8,12H,2-6,9-10,16H2,1H3. The van der Waals surface area contributed by atoms with Gasteiger partial charge in [0.15, 0.2) is 11.6 Å². The van der Waals surface area contributed by atoms with Crippen molar-refractivity contribution in [1.82, 2.24) is 4.98 Å². The Labute approximate surface area is 108 Å². The molecule has 1 saturated heterocycles. The molecule has 0 spiro atoms. The highest BCUT2D eigenvalue weighted by molar-refractivity contribution is 5.44. The molecular formula is C14H22FN3. The zero-order valence-corrected chi connectivity index (χ0v) is 11.0. The van der Waals surface area contributed by atoms with E-state index in [0.29, 0.717) is 17.4 Å². The van der Waals surface area contributed by atoms with Crippen LogP contribution in [0.4, 0.5) is 10.2 Å². The number of hydrogen-bond acceptors (Lipinski definition) is 3. The van der Waals surface area contributed by atoms with Gasteiger partial charge in [-0.05, 0) is 25.3 Å². The van der Waals surface area contributed by atoms with Crippen LogP contribution in [0.1, 0.15) is 44.6 Å². The number of hydrogen-bond donors (Lipinski definition) is 1. The molecule has 2 heterocycles. The fourth-order valence-corrected chi connectivity index (χ4v) is 2.71. The summed E-state index contributed by atoms with van der Waals surface area (Å²) in [5.41, 5.74) is 6.12. The second kappa shape index (κ2) is 6.14. The van der Waals surface area contributed by atoms with Crippen LogP contribution in [0.3, 0.4) is 0 Å². The van der Waals surface area contributed by atoms with Gasteiger partial charge in [0, 0.05) is 30.9 Å². The molecule has 0 bridgehead atoms. The molecule has 4 heteroatoms. The van der Waals surface area contributed by atoms with Crippen molar-refractivity contribution in [3.63, 3.8) is 0 Å². The molecule has 2 N–H and O–H groups in total. The minimum absolute atomic E-state index is 0.228. The average Bonchev–Trinajstić information content (AvgIpc) is 2.64. The molecule has 0 saturated carbocycles. The van der Waals surface area contributed by atoms with Crippen molar-refractivity contribution in [1.29, 1.82) is 0 Å². The molecular weight excluding hydrogens is 229 g/mol. The third-order valence-electron chi connectivity index (χ3n) is 3.79. The highest BCUT2D eigenvalue weighted by Crippen LogP contribution is 2.27. The van der Waals surface area contributed by atoms with E-state index < -0.39 is 0 Å². The van der Waals surface area contributed by atoms with E-state index >= 15 is 0 Å². The first-order chi connectivity index (χ1) is 8.77. The second-order valence-electron chi connectivity index (χ2n) is 4.92. The van der Waals surface area contributed by atoms with E-state index in [9.17, 15) is 4.39 Å². The lowest BCUT2D eigenvalue weighted by Crippen LogP contribution is -2.36. The molecule has 100 valence electrons. The van der Waals surface area contributed by atoms with Crippen molar-refractivity contribution in [2.24, 2.45) is 5.73 Å². The number of nitrogens with two attached hydrogens (primary N) is 1. The maximum atomic E-state index is 14.3. The molecule has 1 aromatic heterocycles. The summed E-state index contributed by atoms with van der Waals surface area (Å²) in [5, 5.41) is 0. The molecule has 0 amide bonds. The largest absolute Gasteiger partial charge is 0.351 e. The Hall–Kier alpha value is -1.16. The van der Waals surface area contributed by atoms with E-state index in [1.165, 1.54) is 12.8 Å². The van der Waals surface area contributed by atoms with Crippen molar-refractivity contribution in [2.45, 2.75) is 51.6 Å². The van der Waals surface area contributed by atoms with Gasteiger partial charge in [0.1, 0.15) is 0 Å². The Morgan fingerprint density at radius 2 is 2.28 bits per heavy atom. The van der Waals surface area contributed by atoms with Gasteiger partial charge in [0.2, 0.25) is 0 Å². The molecule has 1 aliphatic heterocycles. The van der Waals surface area contributed by atoms with Crippen molar-refractivity contribution in [2.75, 3.05) is 11.4 Å². The van der Waals surface area contributed by atoms with Gasteiger partial charge < -0.3 is 10.6 Å². The van der Waals surface area contributed by atoms with Crippen molar-refractivity contribution < 1.29 is 4.39 Å². The van der Waals surface area contributed by atoms with E-state index in [1.807, 2.05) is 0 Å². The van der Waals surface area contributed by atoms with E-state index in [4.69, 9.17) is 5.73 Å². The van der Waals surface area contributed by atoms with Gasteiger partial charge in [-0.25, -0.2) is 9.37 Å². The molecule has 0 radical (unpaired) electrons. The molecule has 1 atom stereocenters. The SMILES string of the molecule is CCC1CCCCCN1c1nccc(CN)c1F. The maximum absolute atomic E-state index is 14.3. The summed E-state index contributed by atoms with van der Waals surface area (Å²) in [6.45, 7) is 3.29. The molecule has 3 nitrogen and oxygen atoms in total. The predicted octanol–water partition coefficient (Wildman–Crippen LogP) is 2.84. The van der Waals surface area contributed by atoms with Crippen LogP contribution in [0.15, 0.2) is 12.3 Å². The maximum Gasteiger partial charge on any atom is 0.170 e. The lowest BCUT2D eigenvalue weighted by Gasteiger charge is -2.31. The Balaban J connectivity index is 2.32. The number of halogens is 1. The highest BCUT2D eigenvalue weighted by atomic mass is 19.1. The van der Waals surface area contributed by atoms with Crippen LogP contribution >= 0.6 is 0 Å². The van der Waals surface area contributed by atoms with Crippen molar-refractivity contribution in [3.8, 4) is 0 Å². The summed E-state index contributed by atoms with van der Waals surface area (Å²) in [4.78, 5) is 6.39. The summed E-state index contributed by atoms with van der Waals surface area (Å²) < 4.78 is 14.3. The fraction of sp³-hybridized carbons (Fsp3) is 0.643. The van der Waals surface area contributed by atoms with Gasteiger partial charge in [-0.1, -0.05) is 19.8 Å². The third-order valence-corrected chi connectivity index (χ3v) is 3.79. The molecule has 1 unspecified atom stereocenters. The first-order valence-electron chi connectivity index (χ1n) is 6.88. The van der Waals surface area contributed by atoms with Crippen LogP contribution < -0.4 is 10.6 Å². The number of rotatable bonds is 3. The first kappa shape index (κ1) is 13.3. The van der Waals surface area contributed by atoms with Crippen LogP contribution in [0.5, 0.6) is 0 Å². The van der Waals surface area contributed by atoms with Crippen molar-refractivity contribution in [3.05, 3.63) is 23.6 Å². The van der Waals surface area contributed by atoms with Gasteiger partial charge in [-0.15, -0.1) is 0 Å². The van der Waals surface area contributed by atoms with Crippen LogP contribution in [0.25, 0.3) is 0 Å². The molecule has 0 aliphatic carbocycles. The Bertz CT molecular complexity index is 395. The highest BCUT2D eigenvalue weighted by Gasteiger charge is 2.24. The van der Waals surface area contributed by atoms with Crippen LogP contribution in [-0.4, -0.2) is 17.6 Å². The van der Waals surface area contributed by atoms with Gasteiger partial charge >= 0.3 is 0 Å². The first-order valence-corrected chi connectivity index (χ1v) is 6.88. The lowest BCUT2D eigenvalue weighted by atomic mass is 10.1. The van der Waals surface area contributed by atoms with Crippen LogP contribution in [-0.2, 0) is 6.54 Å². The third kappa shape index (κ3) is 2.64. The van der Waals surface area contributed by atoms with Gasteiger partial charge in [0.25, 0.3) is 0 Å². The zero-order chi connectivity index (χ0) is 13.0. The minimum atomic E-state index is -0.236. The van der Waals surface area contributed by atoms with Crippen LogP contribution in [0, 0.1) is 5.82 Å². The molecule has 0 aromatic carbocycles. The minimum Gasteiger partial charge on any atom is -0.351 e. The summed E-state index contributed by atoms with van der Waals surface area (Å²) in [6.07, 6.45) is 7.40. The molecule has 2 rings (SSSR count). The summed E-state index contributed by atoms with van der Waals surface area (Å²) in [6, 6.07) is 2.07. The molecule has 18 heavy (non-hydrogen) atoms. The fourth-order valence-electron chi connectivity index (χ4n) is 2.71. The number of aromatic nitrogens is 1. The van der Waals surface area contributed by atoms with E-state index in [-0.39, 0.29) is 12.4 Å². The van der Waals surface area contributed by atoms with Gasteiger partial charge in [0.05, 0.1) is 0 Å². The molecule has 1 aliphatic rings. The number of anilines is 1. The monoisotopic (exact) mass is 251 g/mol. The smallest absolute Gasteiger partial charge is 0.170 e. The second-order valence-corrected chi connectivity index (χ2v) is 4.92. The van der Waals surface area contributed by atoms with Crippen LogP contribution in [0.2, 0.25) is 0 Å². The Kier molecular flexibility index (Phi) is 4.53. The molecule has 1 fully saturated rings. The van der Waals surface area contributed by atoms with Crippen molar-refractivity contribution >= 4 is 5.82 Å². The lowest BCUT2D eigenvalue weighted by molar-refractivity contribution is 0.529. The Morgan fingerprint density at radius 3 is 3.00 bits per heavy atom. The summed E-state index contributed by atoms with van der Waals surface area (Å²) in [5.74, 6) is 0.257. The normalized spacial score (nSPS) is 20.8. The van der Waals surface area contributed by atoms with Gasteiger partial charge in [-0.2, -0.15) is 0 Å². The van der Waals surface area contributed by atoms with Gasteiger partial charge in [-0.3, -0.25) is 0 Å².